The average Bonchev–Trinajstić information content (AvgIpc) is 2.90. The fraction of sp³-hybridized carbons (Fsp3) is 0.333. The molecule has 0 aromatic heterocycles. The highest BCUT2D eigenvalue weighted by atomic mass is 16.7. The van der Waals surface area contributed by atoms with Crippen LogP contribution in [-0.4, -0.2) is 24.7 Å². The summed E-state index contributed by atoms with van der Waals surface area (Å²) in [5, 5.41) is 0. The Morgan fingerprint density at radius 1 is 0.857 bits per heavy atom. The highest BCUT2D eigenvalue weighted by Crippen LogP contribution is 2.52. The van der Waals surface area contributed by atoms with Crippen molar-refractivity contribution in [2.24, 2.45) is 0 Å². The third-order valence-electron chi connectivity index (χ3n) is 5.10. The van der Waals surface area contributed by atoms with Crippen LogP contribution in [0, 0.1) is 0 Å². The van der Waals surface area contributed by atoms with Crippen LogP contribution in [0.3, 0.4) is 0 Å². The van der Waals surface area contributed by atoms with Gasteiger partial charge in [-0.1, -0.05) is 54.6 Å². The predicted octanol–water partition coefficient (Wildman–Crippen LogP) is 2.61. The minimum Gasteiger partial charge on any atom is -0.332 e. The molecule has 6 rings (SSSR count). The molecule has 0 radical (unpaired) electrons. The van der Waals surface area contributed by atoms with Gasteiger partial charge in [0.15, 0.2) is 0 Å². The molecule has 0 unspecified atom stereocenters. The van der Waals surface area contributed by atoms with Gasteiger partial charge in [-0.3, -0.25) is 0 Å². The monoisotopic (exact) mass is 279 g/mol. The molecule has 3 fully saturated rings. The summed E-state index contributed by atoms with van der Waals surface area (Å²) in [6, 6.07) is 19.1. The molecule has 3 heteroatoms. The molecule has 2 aromatic rings. The molecule has 0 aliphatic carbocycles. The lowest BCUT2D eigenvalue weighted by Gasteiger charge is -2.56. The molecular formula is C18H17NO2. The number of benzene rings is 2. The van der Waals surface area contributed by atoms with Crippen molar-refractivity contribution in [1.82, 2.24) is 4.90 Å². The number of fused-ring (bicyclic) bond motifs is 3. The normalized spacial score (nSPS) is 33.7. The summed E-state index contributed by atoms with van der Waals surface area (Å²) in [6.45, 7) is 3.35. The molecule has 0 saturated carbocycles. The van der Waals surface area contributed by atoms with Crippen LogP contribution in [0.2, 0.25) is 0 Å². The first-order valence-electron chi connectivity index (χ1n) is 7.49. The van der Waals surface area contributed by atoms with Gasteiger partial charge in [-0.05, 0) is 11.1 Å². The van der Waals surface area contributed by atoms with Gasteiger partial charge in [0.2, 0.25) is 0 Å². The van der Waals surface area contributed by atoms with Gasteiger partial charge in [-0.2, -0.15) is 0 Å². The molecule has 2 aromatic carbocycles. The lowest BCUT2D eigenvalue weighted by atomic mass is 9.78. The van der Waals surface area contributed by atoms with E-state index in [9.17, 15) is 0 Å². The molecular weight excluding hydrogens is 262 g/mol. The van der Waals surface area contributed by atoms with Crippen LogP contribution in [0.25, 0.3) is 0 Å². The van der Waals surface area contributed by atoms with Crippen molar-refractivity contribution >= 4 is 0 Å². The maximum atomic E-state index is 6.28. The van der Waals surface area contributed by atoms with E-state index in [2.05, 4.69) is 59.5 Å². The summed E-state index contributed by atoms with van der Waals surface area (Å²) in [5.41, 5.74) is 3.79. The van der Waals surface area contributed by atoms with Gasteiger partial charge < -0.3 is 9.47 Å². The van der Waals surface area contributed by atoms with E-state index >= 15 is 0 Å². The zero-order valence-corrected chi connectivity index (χ0v) is 11.8. The van der Waals surface area contributed by atoms with Crippen molar-refractivity contribution in [2.75, 3.05) is 19.8 Å². The largest absolute Gasteiger partial charge is 0.332 e. The third-order valence-corrected chi connectivity index (χ3v) is 5.10. The van der Waals surface area contributed by atoms with E-state index in [4.69, 9.17) is 9.47 Å². The first-order chi connectivity index (χ1) is 10.3. The Morgan fingerprint density at radius 3 is 2.38 bits per heavy atom. The second-order valence-corrected chi connectivity index (χ2v) is 6.32. The summed E-state index contributed by atoms with van der Waals surface area (Å²) in [5.74, 6) is -0.632. The van der Waals surface area contributed by atoms with Crippen molar-refractivity contribution in [3.8, 4) is 0 Å². The molecule has 1 spiro atoms. The molecule has 106 valence electrons. The second-order valence-electron chi connectivity index (χ2n) is 6.32. The molecule has 4 aliphatic rings. The number of hydrogen-bond donors (Lipinski definition) is 0. The number of nitrogens with zero attached hydrogens (tertiary/aromatic N) is 1. The Bertz CT molecular complexity index is 689. The Balaban J connectivity index is 1.59. The van der Waals surface area contributed by atoms with Crippen LogP contribution in [0.5, 0.6) is 0 Å². The molecule has 3 nitrogen and oxygen atoms in total. The fourth-order valence-corrected chi connectivity index (χ4v) is 4.01. The molecule has 0 atom stereocenters. The van der Waals surface area contributed by atoms with E-state index in [1.807, 2.05) is 0 Å². The standard InChI is InChI=1S/C18H17NO2/c1-2-7-15(8-3-1)17-11-19-10-14-6-4-5-9-16(14)18(19,20-12-17)21-13-17/h1-9H,10-13H2. The molecule has 4 heterocycles. The average molecular weight is 279 g/mol. The van der Waals surface area contributed by atoms with Crippen LogP contribution in [0.4, 0.5) is 0 Å². The van der Waals surface area contributed by atoms with Gasteiger partial charge in [0, 0.05) is 18.7 Å². The van der Waals surface area contributed by atoms with Gasteiger partial charge in [-0.15, -0.1) is 0 Å². The topological polar surface area (TPSA) is 21.7 Å². The fourth-order valence-electron chi connectivity index (χ4n) is 4.01. The molecule has 0 N–H and O–H groups in total. The quantitative estimate of drug-likeness (QED) is 0.801. The van der Waals surface area contributed by atoms with Crippen molar-refractivity contribution < 1.29 is 9.47 Å². The lowest BCUT2D eigenvalue weighted by Crippen LogP contribution is -2.66. The van der Waals surface area contributed by atoms with Gasteiger partial charge in [0.25, 0.3) is 5.91 Å². The lowest BCUT2D eigenvalue weighted by molar-refractivity contribution is -0.400. The van der Waals surface area contributed by atoms with Gasteiger partial charge in [0.05, 0.1) is 18.6 Å². The van der Waals surface area contributed by atoms with E-state index in [0.29, 0.717) is 0 Å². The Hall–Kier alpha value is -1.68. The van der Waals surface area contributed by atoms with E-state index in [1.165, 1.54) is 16.7 Å². The maximum Gasteiger partial charge on any atom is 0.259 e. The molecule has 3 saturated heterocycles. The van der Waals surface area contributed by atoms with E-state index in [-0.39, 0.29) is 5.41 Å². The van der Waals surface area contributed by atoms with Crippen molar-refractivity contribution in [3.05, 3.63) is 71.3 Å². The number of ether oxygens (including phenoxy) is 2. The summed E-state index contributed by atoms with van der Waals surface area (Å²) >= 11 is 0. The second kappa shape index (κ2) is 3.95. The van der Waals surface area contributed by atoms with Crippen molar-refractivity contribution in [3.63, 3.8) is 0 Å². The minimum atomic E-state index is -0.632. The number of rotatable bonds is 1. The van der Waals surface area contributed by atoms with Crippen molar-refractivity contribution in [1.29, 1.82) is 0 Å². The Kier molecular flexibility index (Phi) is 2.24. The highest BCUT2D eigenvalue weighted by Gasteiger charge is 2.60. The predicted molar refractivity (Wildman–Crippen MR) is 78.6 cm³/mol. The van der Waals surface area contributed by atoms with Crippen LogP contribution in [-0.2, 0) is 27.3 Å². The first-order valence-corrected chi connectivity index (χ1v) is 7.49. The minimum absolute atomic E-state index is 0.0367. The van der Waals surface area contributed by atoms with Crippen LogP contribution < -0.4 is 0 Å². The van der Waals surface area contributed by atoms with Crippen LogP contribution in [0.1, 0.15) is 16.7 Å². The third kappa shape index (κ3) is 1.43. The highest BCUT2D eigenvalue weighted by molar-refractivity contribution is 5.38. The molecule has 0 amide bonds. The zero-order chi connectivity index (χ0) is 13.9. The summed E-state index contributed by atoms with van der Waals surface area (Å²) in [6.07, 6.45) is 0. The van der Waals surface area contributed by atoms with Gasteiger partial charge >= 0.3 is 0 Å². The molecule has 4 aliphatic heterocycles. The van der Waals surface area contributed by atoms with Gasteiger partial charge in [-0.25, -0.2) is 4.90 Å². The van der Waals surface area contributed by atoms with E-state index in [0.717, 1.165) is 26.3 Å². The van der Waals surface area contributed by atoms with Crippen LogP contribution >= 0.6 is 0 Å². The van der Waals surface area contributed by atoms with E-state index < -0.39 is 5.91 Å². The Morgan fingerprint density at radius 2 is 1.57 bits per heavy atom. The SMILES string of the molecule is c1ccc(C23COC4(OC2)c2ccccc2CN4C3)cc1. The molecule has 2 bridgehead atoms. The van der Waals surface area contributed by atoms with Crippen LogP contribution in [0.15, 0.2) is 54.6 Å². The summed E-state index contributed by atoms with van der Waals surface area (Å²) < 4.78 is 12.6. The van der Waals surface area contributed by atoms with Crippen molar-refractivity contribution in [2.45, 2.75) is 17.9 Å². The first kappa shape index (κ1) is 11.9. The van der Waals surface area contributed by atoms with E-state index in [1.54, 1.807) is 0 Å². The smallest absolute Gasteiger partial charge is 0.259 e. The maximum absolute atomic E-state index is 6.28. The summed E-state index contributed by atoms with van der Waals surface area (Å²) in [4.78, 5) is 2.34. The number of hydrogen-bond acceptors (Lipinski definition) is 3. The molecule has 21 heavy (non-hydrogen) atoms. The summed E-state index contributed by atoms with van der Waals surface area (Å²) in [7, 11) is 0. The zero-order valence-electron chi connectivity index (χ0n) is 11.8. The Labute approximate surface area is 124 Å². The van der Waals surface area contributed by atoms with Gasteiger partial charge in [0.1, 0.15) is 0 Å².